The van der Waals surface area contributed by atoms with Crippen LogP contribution in [-0.2, 0) is 6.54 Å². The largest absolute Gasteiger partial charge is 0.290 e. The number of Topliss-reactive ketones (excluding diaryl/α,β-unsaturated/α-hetero) is 1. The minimum Gasteiger partial charge on any atom is -0.290 e. The lowest BCUT2D eigenvalue weighted by atomic mass is 10.3. The van der Waals surface area contributed by atoms with E-state index in [0.717, 1.165) is 11.0 Å². The van der Waals surface area contributed by atoms with Crippen molar-refractivity contribution in [3.05, 3.63) is 48.8 Å². The Kier molecular flexibility index (Phi) is 2.53. The summed E-state index contributed by atoms with van der Waals surface area (Å²) in [6.07, 6.45) is 7.81. The smallest absolute Gasteiger partial charge is 0.204 e. The SMILES string of the molecule is O=C(Cn1ncc2ncccc21)c1cnccn1. The van der Waals surface area contributed by atoms with Gasteiger partial charge in [-0.05, 0) is 12.1 Å². The van der Waals surface area contributed by atoms with Gasteiger partial charge in [0.25, 0.3) is 0 Å². The molecule has 0 aliphatic carbocycles. The van der Waals surface area contributed by atoms with Gasteiger partial charge in [0, 0.05) is 18.6 Å². The summed E-state index contributed by atoms with van der Waals surface area (Å²) < 4.78 is 1.61. The Morgan fingerprint density at radius 2 is 2.11 bits per heavy atom. The molecule has 6 nitrogen and oxygen atoms in total. The number of nitrogens with zero attached hydrogens (tertiary/aromatic N) is 5. The fraction of sp³-hybridized carbons (Fsp3) is 0.0833. The van der Waals surface area contributed by atoms with Crippen LogP contribution in [0, 0.1) is 0 Å². The quantitative estimate of drug-likeness (QED) is 0.640. The summed E-state index contributed by atoms with van der Waals surface area (Å²) in [6.45, 7) is 0.133. The Hall–Kier alpha value is -2.63. The second-order valence-electron chi connectivity index (χ2n) is 3.72. The van der Waals surface area contributed by atoms with Gasteiger partial charge in [-0.3, -0.25) is 19.4 Å². The van der Waals surface area contributed by atoms with E-state index in [9.17, 15) is 4.79 Å². The van der Waals surface area contributed by atoms with Crippen LogP contribution in [0.4, 0.5) is 0 Å². The number of pyridine rings is 1. The van der Waals surface area contributed by atoms with Gasteiger partial charge in [0.05, 0.1) is 17.9 Å². The van der Waals surface area contributed by atoms with Gasteiger partial charge in [-0.15, -0.1) is 0 Å². The molecule has 0 aromatic carbocycles. The highest BCUT2D eigenvalue weighted by Crippen LogP contribution is 2.10. The molecule has 88 valence electrons. The van der Waals surface area contributed by atoms with Gasteiger partial charge in [0.15, 0.2) is 0 Å². The maximum Gasteiger partial charge on any atom is 0.204 e. The Balaban J connectivity index is 1.91. The predicted molar refractivity (Wildman–Crippen MR) is 63.9 cm³/mol. The first kappa shape index (κ1) is 10.5. The molecule has 3 aromatic heterocycles. The van der Waals surface area contributed by atoms with E-state index < -0.39 is 0 Å². The Labute approximate surface area is 102 Å². The molecule has 0 saturated heterocycles. The van der Waals surface area contributed by atoms with Crippen LogP contribution >= 0.6 is 0 Å². The maximum atomic E-state index is 12.0. The first-order valence-corrected chi connectivity index (χ1v) is 5.40. The Morgan fingerprint density at radius 3 is 2.94 bits per heavy atom. The van der Waals surface area contributed by atoms with Crippen molar-refractivity contribution in [1.29, 1.82) is 0 Å². The fourth-order valence-corrected chi connectivity index (χ4v) is 1.70. The van der Waals surface area contributed by atoms with E-state index in [2.05, 4.69) is 20.1 Å². The second kappa shape index (κ2) is 4.33. The van der Waals surface area contributed by atoms with E-state index in [1.165, 1.54) is 18.6 Å². The van der Waals surface area contributed by atoms with Crippen molar-refractivity contribution in [2.45, 2.75) is 6.54 Å². The van der Waals surface area contributed by atoms with Crippen molar-refractivity contribution in [3.8, 4) is 0 Å². The van der Waals surface area contributed by atoms with E-state index in [0.29, 0.717) is 5.69 Å². The molecule has 0 aliphatic rings. The Morgan fingerprint density at radius 1 is 1.17 bits per heavy atom. The van der Waals surface area contributed by atoms with E-state index in [1.54, 1.807) is 17.1 Å². The van der Waals surface area contributed by atoms with Gasteiger partial charge >= 0.3 is 0 Å². The standard InChI is InChI=1S/C12H9N5O/c18-12(10-6-13-4-5-15-10)8-17-11-2-1-3-14-9(11)7-16-17/h1-7H,8H2. The third-order valence-corrected chi connectivity index (χ3v) is 2.56. The van der Waals surface area contributed by atoms with Crippen molar-refractivity contribution in [2.75, 3.05) is 0 Å². The molecule has 0 radical (unpaired) electrons. The first-order chi connectivity index (χ1) is 8.84. The van der Waals surface area contributed by atoms with Gasteiger partial charge < -0.3 is 0 Å². The summed E-state index contributed by atoms with van der Waals surface area (Å²) >= 11 is 0. The summed E-state index contributed by atoms with van der Waals surface area (Å²) in [6, 6.07) is 3.69. The van der Waals surface area contributed by atoms with Gasteiger partial charge in [0.1, 0.15) is 17.8 Å². The molecule has 0 saturated carbocycles. The number of fused-ring (bicyclic) bond motifs is 1. The van der Waals surface area contributed by atoms with Gasteiger partial charge in [-0.1, -0.05) is 0 Å². The van der Waals surface area contributed by atoms with Crippen LogP contribution in [0.15, 0.2) is 43.1 Å². The molecule has 0 aliphatic heterocycles. The van der Waals surface area contributed by atoms with Crippen LogP contribution in [0.2, 0.25) is 0 Å². The fourth-order valence-electron chi connectivity index (χ4n) is 1.70. The number of carbonyl (C=O) groups excluding carboxylic acids is 1. The zero-order chi connectivity index (χ0) is 12.4. The normalized spacial score (nSPS) is 10.7. The highest BCUT2D eigenvalue weighted by Gasteiger charge is 2.11. The lowest BCUT2D eigenvalue weighted by Crippen LogP contribution is -2.13. The Bertz CT molecular complexity index is 692. The van der Waals surface area contributed by atoms with Crippen molar-refractivity contribution < 1.29 is 4.79 Å². The van der Waals surface area contributed by atoms with Crippen LogP contribution in [0.3, 0.4) is 0 Å². The molecule has 18 heavy (non-hydrogen) atoms. The molecule has 3 rings (SSSR count). The summed E-state index contributed by atoms with van der Waals surface area (Å²) in [4.78, 5) is 24.0. The first-order valence-electron chi connectivity index (χ1n) is 5.40. The van der Waals surface area contributed by atoms with Crippen molar-refractivity contribution in [2.24, 2.45) is 0 Å². The molecule has 3 heterocycles. The molecular weight excluding hydrogens is 230 g/mol. The van der Waals surface area contributed by atoms with E-state index in [1.807, 2.05) is 12.1 Å². The molecular formula is C12H9N5O. The number of ketones is 1. The van der Waals surface area contributed by atoms with Crippen molar-refractivity contribution in [1.82, 2.24) is 24.7 Å². The maximum absolute atomic E-state index is 12.0. The number of hydrogen-bond acceptors (Lipinski definition) is 5. The summed E-state index contributed by atoms with van der Waals surface area (Å²) in [5.74, 6) is -0.128. The van der Waals surface area contributed by atoms with Gasteiger partial charge in [-0.25, -0.2) is 4.98 Å². The van der Waals surface area contributed by atoms with Crippen LogP contribution in [-0.4, -0.2) is 30.5 Å². The molecule has 0 amide bonds. The molecule has 6 heteroatoms. The number of hydrogen-bond donors (Lipinski definition) is 0. The van der Waals surface area contributed by atoms with Crippen LogP contribution in [0.25, 0.3) is 11.0 Å². The lowest BCUT2D eigenvalue weighted by Gasteiger charge is -2.01. The average molecular weight is 239 g/mol. The van der Waals surface area contributed by atoms with Crippen molar-refractivity contribution in [3.63, 3.8) is 0 Å². The predicted octanol–water partition coefficient (Wildman–Crippen LogP) is 1.10. The molecule has 0 atom stereocenters. The third-order valence-electron chi connectivity index (χ3n) is 2.56. The number of aromatic nitrogens is 5. The number of carbonyl (C=O) groups is 1. The van der Waals surface area contributed by atoms with E-state index in [4.69, 9.17) is 0 Å². The summed E-state index contributed by atoms with van der Waals surface area (Å²) in [5, 5.41) is 4.15. The molecule has 0 fully saturated rings. The zero-order valence-corrected chi connectivity index (χ0v) is 9.39. The highest BCUT2D eigenvalue weighted by molar-refractivity contribution is 5.94. The number of rotatable bonds is 3. The lowest BCUT2D eigenvalue weighted by molar-refractivity contribution is 0.0964. The summed E-state index contributed by atoms with van der Waals surface area (Å²) in [7, 11) is 0. The van der Waals surface area contributed by atoms with Crippen LogP contribution < -0.4 is 0 Å². The van der Waals surface area contributed by atoms with E-state index >= 15 is 0 Å². The minimum absolute atomic E-state index is 0.128. The average Bonchev–Trinajstić information content (AvgIpc) is 2.83. The minimum atomic E-state index is -0.128. The highest BCUT2D eigenvalue weighted by atomic mass is 16.1. The van der Waals surface area contributed by atoms with Gasteiger partial charge in [-0.2, -0.15) is 5.10 Å². The molecule has 0 unspecified atom stereocenters. The van der Waals surface area contributed by atoms with Crippen LogP contribution in [0.5, 0.6) is 0 Å². The molecule has 0 spiro atoms. The molecule has 0 N–H and O–H groups in total. The van der Waals surface area contributed by atoms with Crippen molar-refractivity contribution >= 4 is 16.8 Å². The third kappa shape index (κ3) is 1.84. The summed E-state index contributed by atoms with van der Waals surface area (Å²) in [5.41, 5.74) is 1.93. The monoisotopic (exact) mass is 239 g/mol. The topological polar surface area (TPSA) is 73.6 Å². The van der Waals surface area contributed by atoms with Crippen LogP contribution in [0.1, 0.15) is 10.5 Å². The molecule has 3 aromatic rings. The van der Waals surface area contributed by atoms with E-state index in [-0.39, 0.29) is 12.3 Å². The van der Waals surface area contributed by atoms with Gasteiger partial charge in [0.2, 0.25) is 5.78 Å². The zero-order valence-electron chi connectivity index (χ0n) is 9.39. The molecule has 0 bridgehead atoms. The second-order valence-corrected chi connectivity index (χ2v) is 3.72.